The van der Waals surface area contributed by atoms with Crippen molar-refractivity contribution in [3.05, 3.63) is 36.0 Å². The van der Waals surface area contributed by atoms with E-state index in [1.807, 2.05) is 24.4 Å². The first-order valence-corrected chi connectivity index (χ1v) is 9.30. The molecule has 1 atom stereocenters. The van der Waals surface area contributed by atoms with E-state index in [4.69, 9.17) is 0 Å². The van der Waals surface area contributed by atoms with Gasteiger partial charge in [-0.1, -0.05) is 6.07 Å². The van der Waals surface area contributed by atoms with E-state index in [1.165, 1.54) is 0 Å². The van der Waals surface area contributed by atoms with Crippen molar-refractivity contribution < 1.29 is 13.2 Å². The standard InChI is InChI=1S/C16H20N2O3S/c1-11(2)18-8-6-13-14(4-3-5-15(13)18)16(19)17-12-7-9-22(20,21)10-12/h3-6,8,11-12H,7,9-10H2,1-2H3,(H,17,19)/t12-/m0/s1. The van der Waals surface area contributed by atoms with Crippen LogP contribution in [0.2, 0.25) is 0 Å². The van der Waals surface area contributed by atoms with Crippen LogP contribution in [0, 0.1) is 0 Å². The average molecular weight is 320 g/mol. The Balaban J connectivity index is 1.88. The van der Waals surface area contributed by atoms with Gasteiger partial charge < -0.3 is 9.88 Å². The van der Waals surface area contributed by atoms with Crippen LogP contribution in [0.5, 0.6) is 0 Å². The minimum absolute atomic E-state index is 0.0434. The van der Waals surface area contributed by atoms with Gasteiger partial charge in [-0.3, -0.25) is 4.79 Å². The Hall–Kier alpha value is -1.82. The summed E-state index contributed by atoms with van der Waals surface area (Å²) in [5.41, 5.74) is 1.61. The van der Waals surface area contributed by atoms with Crippen LogP contribution in [-0.4, -0.2) is 36.4 Å². The van der Waals surface area contributed by atoms with E-state index in [0.717, 1.165) is 10.9 Å². The maximum absolute atomic E-state index is 12.5. The lowest BCUT2D eigenvalue weighted by atomic mass is 10.1. The second-order valence-electron chi connectivity index (χ2n) is 6.13. The first-order valence-electron chi connectivity index (χ1n) is 7.48. The van der Waals surface area contributed by atoms with Crippen molar-refractivity contribution in [2.75, 3.05) is 11.5 Å². The molecule has 0 radical (unpaired) electrons. The molecule has 0 unspecified atom stereocenters. The molecule has 6 heteroatoms. The molecule has 0 aliphatic carbocycles. The number of hydrogen-bond donors (Lipinski definition) is 1. The monoisotopic (exact) mass is 320 g/mol. The number of amides is 1. The molecular formula is C16H20N2O3S. The van der Waals surface area contributed by atoms with Crippen molar-refractivity contribution in [1.29, 1.82) is 0 Å². The fraction of sp³-hybridized carbons (Fsp3) is 0.438. The van der Waals surface area contributed by atoms with Gasteiger partial charge in [-0.25, -0.2) is 8.42 Å². The molecule has 0 spiro atoms. The smallest absolute Gasteiger partial charge is 0.252 e. The number of hydrogen-bond acceptors (Lipinski definition) is 3. The summed E-state index contributed by atoms with van der Waals surface area (Å²) in [7, 11) is -2.99. The molecule has 1 amide bonds. The Morgan fingerprint density at radius 3 is 2.73 bits per heavy atom. The van der Waals surface area contributed by atoms with Gasteiger partial charge in [0.25, 0.3) is 5.91 Å². The second-order valence-corrected chi connectivity index (χ2v) is 8.36. The van der Waals surface area contributed by atoms with Crippen molar-refractivity contribution in [2.24, 2.45) is 0 Å². The van der Waals surface area contributed by atoms with Gasteiger partial charge in [0, 0.05) is 34.7 Å². The number of fused-ring (bicyclic) bond motifs is 1. The van der Waals surface area contributed by atoms with E-state index in [1.54, 1.807) is 6.07 Å². The lowest BCUT2D eigenvalue weighted by Gasteiger charge is -2.13. The Kier molecular flexibility index (Phi) is 3.72. The number of benzene rings is 1. The fourth-order valence-electron chi connectivity index (χ4n) is 3.01. The molecule has 0 bridgehead atoms. The van der Waals surface area contributed by atoms with Gasteiger partial charge in [0.15, 0.2) is 9.84 Å². The summed E-state index contributed by atoms with van der Waals surface area (Å²) in [6, 6.07) is 7.62. The largest absolute Gasteiger partial charge is 0.348 e. The van der Waals surface area contributed by atoms with Crippen LogP contribution in [-0.2, 0) is 9.84 Å². The van der Waals surface area contributed by atoms with E-state index in [0.29, 0.717) is 18.0 Å². The van der Waals surface area contributed by atoms with Gasteiger partial charge >= 0.3 is 0 Å². The lowest BCUT2D eigenvalue weighted by molar-refractivity contribution is 0.0943. The molecule has 0 saturated carbocycles. The van der Waals surface area contributed by atoms with Gasteiger partial charge in [0.1, 0.15) is 0 Å². The molecule has 1 aromatic carbocycles. The number of rotatable bonds is 3. The number of nitrogens with one attached hydrogen (secondary N) is 1. The molecule has 3 rings (SSSR count). The zero-order valence-corrected chi connectivity index (χ0v) is 13.6. The molecule has 5 nitrogen and oxygen atoms in total. The summed E-state index contributed by atoms with van der Waals surface area (Å²) < 4.78 is 25.1. The zero-order valence-electron chi connectivity index (χ0n) is 12.7. The number of sulfone groups is 1. The Labute approximate surface area is 130 Å². The molecule has 2 heterocycles. The van der Waals surface area contributed by atoms with Crippen LogP contribution in [0.4, 0.5) is 0 Å². The first-order chi connectivity index (χ1) is 10.4. The molecular weight excluding hydrogens is 300 g/mol. The van der Waals surface area contributed by atoms with E-state index < -0.39 is 9.84 Å². The maximum atomic E-state index is 12.5. The third-order valence-electron chi connectivity index (χ3n) is 4.13. The molecule has 22 heavy (non-hydrogen) atoms. The second kappa shape index (κ2) is 5.43. The van der Waals surface area contributed by atoms with E-state index in [-0.39, 0.29) is 23.5 Å². The summed E-state index contributed by atoms with van der Waals surface area (Å²) in [6.45, 7) is 4.19. The Morgan fingerprint density at radius 1 is 1.32 bits per heavy atom. The highest BCUT2D eigenvalue weighted by Gasteiger charge is 2.29. The molecule has 1 aliphatic rings. The van der Waals surface area contributed by atoms with Gasteiger partial charge in [-0.2, -0.15) is 0 Å². The molecule has 1 saturated heterocycles. The predicted molar refractivity (Wildman–Crippen MR) is 86.8 cm³/mol. The van der Waals surface area contributed by atoms with Crippen LogP contribution >= 0.6 is 0 Å². The topological polar surface area (TPSA) is 68.2 Å². The highest BCUT2D eigenvalue weighted by atomic mass is 32.2. The quantitative estimate of drug-likeness (QED) is 0.942. The van der Waals surface area contributed by atoms with Crippen LogP contribution in [0.1, 0.15) is 36.7 Å². The predicted octanol–water partition coefficient (Wildman–Crippen LogP) is 2.14. The number of carbonyl (C=O) groups is 1. The van der Waals surface area contributed by atoms with E-state index in [2.05, 4.69) is 23.7 Å². The highest BCUT2D eigenvalue weighted by molar-refractivity contribution is 7.91. The molecule has 1 aromatic heterocycles. The maximum Gasteiger partial charge on any atom is 0.252 e. The molecule has 2 aromatic rings. The van der Waals surface area contributed by atoms with E-state index in [9.17, 15) is 13.2 Å². The van der Waals surface area contributed by atoms with Gasteiger partial charge in [0.05, 0.1) is 11.5 Å². The van der Waals surface area contributed by atoms with Crippen LogP contribution in [0.15, 0.2) is 30.5 Å². The third kappa shape index (κ3) is 2.75. The SMILES string of the molecule is CC(C)n1ccc2c(C(=O)N[C@H]3CCS(=O)(=O)C3)cccc21. The summed E-state index contributed by atoms with van der Waals surface area (Å²) >= 11 is 0. The number of carbonyl (C=O) groups excluding carboxylic acids is 1. The Morgan fingerprint density at radius 2 is 2.09 bits per heavy atom. The van der Waals surface area contributed by atoms with Crippen LogP contribution in [0.3, 0.4) is 0 Å². The molecule has 1 N–H and O–H groups in total. The number of aromatic nitrogens is 1. The minimum Gasteiger partial charge on any atom is -0.348 e. The van der Waals surface area contributed by atoms with Gasteiger partial charge in [-0.05, 0) is 38.5 Å². The summed E-state index contributed by atoms with van der Waals surface area (Å²) in [5, 5.41) is 3.75. The zero-order chi connectivity index (χ0) is 15.9. The Bertz CT molecular complexity index is 821. The van der Waals surface area contributed by atoms with Gasteiger partial charge in [0.2, 0.25) is 0 Å². The lowest BCUT2D eigenvalue weighted by Crippen LogP contribution is -2.35. The van der Waals surface area contributed by atoms with Crippen molar-refractivity contribution in [3.8, 4) is 0 Å². The minimum atomic E-state index is -2.99. The van der Waals surface area contributed by atoms with Crippen molar-refractivity contribution >= 4 is 26.6 Å². The highest BCUT2D eigenvalue weighted by Crippen LogP contribution is 2.24. The fourth-order valence-corrected chi connectivity index (χ4v) is 4.68. The first kappa shape index (κ1) is 15.1. The normalized spacial score (nSPS) is 20.6. The molecule has 118 valence electrons. The molecule has 1 aliphatic heterocycles. The molecule has 1 fully saturated rings. The van der Waals surface area contributed by atoms with Gasteiger partial charge in [-0.15, -0.1) is 0 Å². The van der Waals surface area contributed by atoms with Crippen molar-refractivity contribution in [2.45, 2.75) is 32.4 Å². The van der Waals surface area contributed by atoms with E-state index >= 15 is 0 Å². The number of nitrogens with zero attached hydrogens (tertiary/aromatic N) is 1. The third-order valence-corrected chi connectivity index (χ3v) is 5.90. The summed E-state index contributed by atoms with van der Waals surface area (Å²) in [4.78, 5) is 12.5. The van der Waals surface area contributed by atoms with Crippen LogP contribution < -0.4 is 5.32 Å². The summed E-state index contributed by atoms with van der Waals surface area (Å²) in [6.07, 6.45) is 2.48. The average Bonchev–Trinajstić information content (AvgIpc) is 3.01. The van der Waals surface area contributed by atoms with Crippen molar-refractivity contribution in [3.63, 3.8) is 0 Å². The van der Waals surface area contributed by atoms with Crippen LogP contribution in [0.25, 0.3) is 10.9 Å². The van der Waals surface area contributed by atoms with Crippen molar-refractivity contribution in [1.82, 2.24) is 9.88 Å². The summed E-state index contributed by atoms with van der Waals surface area (Å²) in [5.74, 6) is 0.00217.